The maximum absolute atomic E-state index is 11.1. The van der Waals surface area contributed by atoms with Gasteiger partial charge in [-0.3, -0.25) is 0 Å². The summed E-state index contributed by atoms with van der Waals surface area (Å²) in [6, 6.07) is 2.10. The third kappa shape index (κ3) is 13.8. The van der Waals surface area contributed by atoms with E-state index in [1.54, 1.807) is 0 Å². The number of rotatable bonds is 14. The molecule has 156 valence electrons. The van der Waals surface area contributed by atoms with E-state index in [1.807, 2.05) is 0 Å². The first-order valence-corrected chi connectivity index (χ1v) is 19.3. The highest BCUT2D eigenvalue weighted by atomic mass is 28.4. The molecule has 0 heterocycles. The van der Waals surface area contributed by atoms with Crippen LogP contribution in [0, 0.1) is 0 Å². The minimum absolute atomic E-state index is 0.348. The molecule has 0 N–H and O–H groups in total. The van der Waals surface area contributed by atoms with Gasteiger partial charge in [-0.2, -0.15) is 0 Å². The molecule has 0 saturated heterocycles. The molecule has 0 rings (SSSR count). The molecule has 8 heteroatoms. The first-order valence-electron chi connectivity index (χ1n) is 9.61. The van der Waals surface area contributed by atoms with Crippen molar-refractivity contribution >= 4 is 36.6 Å². The van der Waals surface area contributed by atoms with Crippen LogP contribution in [0.3, 0.4) is 0 Å². The number of hydrogen-bond acceptors (Lipinski definition) is 5. The third-order valence-electron chi connectivity index (χ3n) is 4.20. The van der Waals surface area contributed by atoms with Gasteiger partial charge in [0.05, 0.1) is 13.2 Å². The Balaban J connectivity index is 4.39. The number of ether oxygens (including phenoxy) is 2. The van der Waals surface area contributed by atoms with Crippen molar-refractivity contribution in [2.45, 2.75) is 69.9 Å². The van der Waals surface area contributed by atoms with Gasteiger partial charge < -0.3 is 13.6 Å². The summed E-state index contributed by atoms with van der Waals surface area (Å²) < 4.78 is 16.9. The minimum Gasteiger partial charge on any atom is -0.463 e. The number of hydrogen-bond donors (Lipinski definition) is 0. The molecular weight excluding hydrogens is 392 g/mol. The molecule has 0 aliphatic rings. The maximum atomic E-state index is 11.1. The fraction of sp³-hybridized carbons (Fsp3) is 0.684. The average molecular weight is 431 g/mol. The summed E-state index contributed by atoms with van der Waals surface area (Å²) >= 11 is 0. The lowest BCUT2D eigenvalue weighted by Crippen LogP contribution is -2.49. The molecular formula is C19H38O5Si3. The Labute approximate surface area is 168 Å². The van der Waals surface area contributed by atoms with Crippen molar-refractivity contribution in [3.8, 4) is 0 Å². The van der Waals surface area contributed by atoms with E-state index >= 15 is 0 Å². The van der Waals surface area contributed by atoms with Crippen LogP contribution >= 0.6 is 0 Å². The first-order chi connectivity index (χ1) is 12.3. The van der Waals surface area contributed by atoms with E-state index in [0.29, 0.717) is 13.2 Å². The Bertz CT molecular complexity index is 471. The molecule has 0 aromatic rings. The van der Waals surface area contributed by atoms with Gasteiger partial charge in [-0.05, 0) is 50.7 Å². The molecule has 27 heavy (non-hydrogen) atoms. The average Bonchev–Trinajstić information content (AvgIpc) is 2.52. The van der Waals surface area contributed by atoms with Crippen molar-refractivity contribution in [2.24, 2.45) is 0 Å². The van der Waals surface area contributed by atoms with Crippen molar-refractivity contribution in [2.75, 3.05) is 13.2 Å². The lowest BCUT2D eigenvalue weighted by atomic mass is 10.5. The summed E-state index contributed by atoms with van der Waals surface area (Å²) in [5, 5.41) is 0. The zero-order valence-corrected chi connectivity index (χ0v) is 21.1. The van der Waals surface area contributed by atoms with E-state index in [4.69, 9.17) is 13.6 Å². The van der Waals surface area contributed by atoms with E-state index in [1.165, 1.54) is 17.8 Å². The van der Waals surface area contributed by atoms with Crippen molar-refractivity contribution in [3.63, 3.8) is 0 Å². The number of esters is 2. The van der Waals surface area contributed by atoms with E-state index < -0.39 is 24.7 Å². The topological polar surface area (TPSA) is 61.8 Å². The molecule has 0 saturated carbocycles. The fourth-order valence-electron chi connectivity index (χ4n) is 3.59. The Kier molecular flexibility index (Phi) is 11.4. The predicted octanol–water partition coefficient (Wildman–Crippen LogP) is 4.90. The highest BCUT2D eigenvalue weighted by molar-refractivity contribution is 6.96. The predicted molar refractivity (Wildman–Crippen MR) is 119 cm³/mol. The second-order valence-electron chi connectivity index (χ2n) is 8.91. The largest absolute Gasteiger partial charge is 0.463 e. The Morgan fingerprint density at radius 1 is 0.778 bits per heavy atom. The standard InChI is InChI=1S/C19H38O5Si3/c1-9-18(20)22-13-11-15-25(3,4)17-27(7,8)24-26(5,6)16-12-14-23-19(21)10-2/h9-10H,1-2,11-17H2,3-8H3. The SMILES string of the molecule is C=CC(=O)OCCC[Si](C)(C)C[Si](C)(C)O[Si](C)(C)CCCOC(=O)C=C. The van der Waals surface area contributed by atoms with Gasteiger partial charge in [0.1, 0.15) is 0 Å². The normalized spacial score (nSPS) is 12.4. The van der Waals surface area contributed by atoms with Crippen LogP contribution in [0.1, 0.15) is 12.8 Å². The van der Waals surface area contributed by atoms with Crippen molar-refractivity contribution < 1.29 is 23.2 Å². The zero-order chi connectivity index (χ0) is 21.1. The number of carbonyl (C=O) groups is 2. The van der Waals surface area contributed by atoms with Gasteiger partial charge in [-0.1, -0.05) is 32.3 Å². The summed E-state index contributed by atoms with van der Waals surface area (Å²) in [6.45, 7) is 21.6. The summed E-state index contributed by atoms with van der Waals surface area (Å²) in [4.78, 5) is 22.2. The Morgan fingerprint density at radius 2 is 1.22 bits per heavy atom. The monoisotopic (exact) mass is 430 g/mol. The van der Waals surface area contributed by atoms with Crippen LogP contribution in [0.5, 0.6) is 0 Å². The molecule has 0 atom stereocenters. The molecule has 0 amide bonds. The van der Waals surface area contributed by atoms with Crippen LogP contribution in [0.4, 0.5) is 0 Å². The van der Waals surface area contributed by atoms with Gasteiger partial charge in [0.25, 0.3) is 0 Å². The van der Waals surface area contributed by atoms with Crippen LogP contribution < -0.4 is 0 Å². The maximum Gasteiger partial charge on any atom is 0.330 e. The lowest BCUT2D eigenvalue weighted by Gasteiger charge is -2.38. The van der Waals surface area contributed by atoms with Gasteiger partial charge in [0.15, 0.2) is 16.6 Å². The van der Waals surface area contributed by atoms with E-state index in [0.717, 1.165) is 24.9 Å². The molecule has 0 spiro atoms. The van der Waals surface area contributed by atoms with Crippen molar-refractivity contribution in [3.05, 3.63) is 25.3 Å². The van der Waals surface area contributed by atoms with Crippen LogP contribution in [0.15, 0.2) is 25.3 Å². The van der Waals surface area contributed by atoms with Crippen molar-refractivity contribution in [1.82, 2.24) is 0 Å². The highest BCUT2D eigenvalue weighted by Gasteiger charge is 2.37. The lowest BCUT2D eigenvalue weighted by molar-refractivity contribution is -0.138. The van der Waals surface area contributed by atoms with E-state index in [-0.39, 0.29) is 11.9 Å². The van der Waals surface area contributed by atoms with E-state index in [2.05, 4.69) is 52.4 Å². The van der Waals surface area contributed by atoms with Crippen LogP contribution in [-0.2, 0) is 23.2 Å². The molecule has 5 nitrogen and oxygen atoms in total. The van der Waals surface area contributed by atoms with Gasteiger partial charge in [0.2, 0.25) is 0 Å². The highest BCUT2D eigenvalue weighted by Crippen LogP contribution is 2.29. The smallest absolute Gasteiger partial charge is 0.330 e. The summed E-state index contributed by atoms with van der Waals surface area (Å²) in [5.41, 5.74) is 1.19. The van der Waals surface area contributed by atoms with Crippen molar-refractivity contribution in [1.29, 1.82) is 0 Å². The second-order valence-corrected chi connectivity index (χ2v) is 23.5. The molecule has 0 fully saturated rings. The van der Waals surface area contributed by atoms with Gasteiger partial charge in [0, 0.05) is 20.2 Å². The molecule has 0 unspecified atom stereocenters. The second kappa shape index (κ2) is 11.8. The molecule has 0 aromatic carbocycles. The quantitative estimate of drug-likeness (QED) is 0.170. The van der Waals surface area contributed by atoms with Gasteiger partial charge in [-0.25, -0.2) is 9.59 Å². The Hall–Kier alpha value is -0.969. The minimum atomic E-state index is -1.79. The Morgan fingerprint density at radius 3 is 1.67 bits per heavy atom. The molecule has 0 aliphatic heterocycles. The third-order valence-corrected chi connectivity index (χ3v) is 19.1. The molecule has 0 bridgehead atoms. The first kappa shape index (κ1) is 26.0. The molecule has 0 aliphatic carbocycles. The van der Waals surface area contributed by atoms with Gasteiger partial charge in [-0.15, -0.1) is 0 Å². The summed E-state index contributed by atoms with van der Waals surface area (Å²) in [7, 11) is -4.99. The molecule has 0 aromatic heterocycles. The van der Waals surface area contributed by atoms with E-state index in [9.17, 15) is 9.59 Å². The number of carbonyl (C=O) groups excluding carboxylic acids is 2. The fourth-order valence-corrected chi connectivity index (χ4v) is 22.9. The van der Waals surface area contributed by atoms with Crippen LogP contribution in [-0.4, -0.2) is 49.9 Å². The summed E-state index contributed by atoms with van der Waals surface area (Å²) in [5.74, 6) is -0.712. The van der Waals surface area contributed by atoms with Crippen LogP contribution in [0.25, 0.3) is 0 Å². The zero-order valence-electron chi connectivity index (χ0n) is 18.1. The van der Waals surface area contributed by atoms with Gasteiger partial charge >= 0.3 is 11.9 Å². The summed E-state index contributed by atoms with van der Waals surface area (Å²) in [6.07, 6.45) is 4.13. The van der Waals surface area contributed by atoms with Crippen LogP contribution in [0.2, 0.25) is 57.0 Å². The molecule has 0 radical (unpaired) electrons.